The molecule has 29 heavy (non-hydrogen) atoms. The number of hydrogen-bond donors (Lipinski definition) is 2. The van der Waals surface area contributed by atoms with E-state index in [1.165, 1.54) is 6.07 Å². The van der Waals surface area contributed by atoms with Crippen LogP contribution in [0.1, 0.15) is 32.0 Å². The Hall–Kier alpha value is -4.00. The lowest BCUT2D eigenvalue weighted by Gasteiger charge is -2.09. The number of nitrogens with two attached hydrogens (primary N) is 1. The summed E-state index contributed by atoms with van der Waals surface area (Å²) in [5.41, 5.74) is 9.91. The summed E-state index contributed by atoms with van der Waals surface area (Å²) in [5.74, 6) is -0.928. The fourth-order valence-electron chi connectivity index (χ4n) is 3.09. The summed E-state index contributed by atoms with van der Waals surface area (Å²) in [6.45, 7) is 3.75. The third kappa shape index (κ3) is 3.58. The molecule has 0 bridgehead atoms. The first-order valence-electron chi connectivity index (χ1n) is 8.97. The molecule has 2 aromatic carbocycles. The van der Waals surface area contributed by atoms with Crippen LogP contribution in [0.2, 0.25) is 0 Å². The van der Waals surface area contributed by atoms with E-state index in [9.17, 15) is 9.59 Å². The van der Waals surface area contributed by atoms with E-state index < -0.39 is 5.91 Å². The van der Waals surface area contributed by atoms with Crippen LogP contribution in [-0.2, 0) is 0 Å². The normalized spacial score (nSPS) is 10.8. The zero-order valence-corrected chi connectivity index (χ0v) is 15.9. The second-order valence-corrected chi connectivity index (χ2v) is 6.77. The molecule has 0 atom stereocenters. The van der Waals surface area contributed by atoms with Gasteiger partial charge in [-0.1, -0.05) is 41.1 Å². The minimum Gasteiger partial charge on any atom is -0.366 e. The molecule has 7 heteroatoms. The van der Waals surface area contributed by atoms with Crippen molar-refractivity contribution in [2.24, 2.45) is 5.73 Å². The van der Waals surface area contributed by atoms with Gasteiger partial charge in [-0.3, -0.25) is 9.59 Å². The lowest BCUT2D eigenvalue weighted by molar-refractivity contribution is 0.0996. The maximum Gasteiger partial charge on any atom is 0.259 e. The third-order valence-corrected chi connectivity index (χ3v) is 4.61. The first kappa shape index (κ1) is 18.4. The van der Waals surface area contributed by atoms with Crippen molar-refractivity contribution in [2.45, 2.75) is 13.8 Å². The van der Waals surface area contributed by atoms with Crippen LogP contribution in [0.15, 0.2) is 59.1 Å². The Kier molecular flexibility index (Phi) is 4.56. The maximum atomic E-state index is 13.1. The van der Waals surface area contributed by atoms with Crippen LogP contribution in [0.25, 0.3) is 22.4 Å². The molecule has 144 valence electrons. The number of nitrogens with zero attached hydrogens (tertiary/aromatic N) is 2. The van der Waals surface area contributed by atoms with Gasteiger partial charge in [0.05, 0.1) is 22.3 Å². The summed E-state index contributed by atoms with van der Waals surface area (Å²) >= 11 is 0. The summed E-state index contributed by atoms with van der Waals surface area (Å²) < 4.78 is 5.32. The molecular weight excluding hydrogens is 368 g/mol. The Labute approximate surface area is 166 Å². The molecular formula is C22H18N4O3. The molecule has 2 aromatic heterocycles. The van der Waals surface area contributed by atoms with Gasteiger partial charge >= 0.3 is 0 Å². The summed E-state index contributed by atoms with van der Waals surface area (Å²) in [5, 5.41) is 7.31. The topological polar surface area (TPSA) is 111 Å². The number of aromatic nitrogens is 2. The molecule has 0 fully saturated rings. The van der Waals surface area contributed by atoms with Crippen LogP contribution in [0.3, 0.4) is 0 Å². The summed E-state index contributed by atoms with van der Waals surface area (Å²) in [4.78, 5) is 29.0. The van der Waals surface area contributed by atoms with E-state index in [1.54, 1.807) is 31.2 Å². The van der Waals surface area contributed by atoms with Crippen molar-refractivity contribution in [3.63, 3.8) is 0 Å². The highest BCUT2D eigenvalue weighted by atomic mass is 16.5. The van der Waals surface area contributed by atoms with Crippen molar-refractivity contribution >= 4 is 28.6 Å². The number of nitrogens with one attached hydrogen (secondary N) is 1. The monoisotopic (exact) mass is 386 g/mol. The van der Waals surface area contributed by atoms with E-state index in [1.807, 2.05) is 31.2 Å². The first-order valence-corrected chi connectivity index (χ1v) is 8.97. The molecule has 7 nitrogen and oxygen atoms in total. The molecule has 0 radical (unpaired) electrons. The standard InChI is InChI=1S/C22H18N4O3/c1-12-6-8-14(9-7-12)18-11-17(19-13(2)26-29-22(19)25-18)21(28)24-16-5-3-4-15(10-16)20(23)27/h3-11H,1-2H3,(H2,23,27)(H,24,28). The number of carbonyl (C=O) groups is 2. The number of benzene rings is 2. The number of primary amides is 1. The van der Waals surface area contributed by atoms with E-state index in [2.05, 4.69) is 15.5 Å². The molecule has 0 spiro atoms. The van der Waals surface area contributed by atoms with Gasteiger partial charge in [0.2, 0.25) is 5.91 Å². The Morgan fingerprint density at radius 3 is 2.52 bits per heavy atom. The zero-order chi connectivity index (χ0) is 20.5. The molecule has 0 aliphatic carbocycles. The van der Waals surface area contributed by atoms with E-state index >= 15 is 0 Å². The zero-order valence-electron chi connectivity index (χ0n) is 15.9. The summed E-state index contributed by atoms with van der Waals surface area (Å²) in [6, 6.07) is 16.0. The highest BCUT2D eigenvalue weighted by molar-refractivity contribution is 6.13. The molecule has 0 aliphatic rings. The molecule has 3 N–H and O–H groups in total. The van der Waals surface area contributed by atoms with Crippen LogP contribution >= 0.6 is 0 Å². The number of rotatable bonds is 4. The van der Waals surface area contributed by atoms with Crippen LogP contribution in [0.5, 0.6) is 0 Å². The average molecular weight is 386 g/mol. The Morgan fingerprint density at radius 2 is 1.79 bits per heavy atom. The van der Waals surface area contributed by atoms with Crippen LogP contribution in [0.4, 0.5) is 5.69 Å². The second kappa shape index (κ2) is 7.20. The molecule has 0 saturated carbocycles. The van der Waals surface area contributed by atoms with Gasteiger partial charge in [0.1, 0.15) is 0 Å². The molecule has 2 amide bonds. The lowest BCUT2D eigenvalue weighted by atomic mass is 10.0. The highest BCUT2D eigenvalue weighted by Crippen LogP contribution is 2.28. The first-order chi connectivity index (χ1) is 13.9. The van der Waals surface area contributed by atoms with Crippen LogP contribution in [-0.4, -0.2) is 22.0 Å². The quantitative estimate of drug-likeness (QED) is 0.553. The Balaban J connectivity index is 1.78. The molecule has 2 heterocycles. The second-order valence-electron chi connectivity index (χ2n) is 6.77. The molecule has 4 rings (SSSR count). The number of amides is 2. The van der Waals surface area contributed by atoms with Gasteiger partial charge in [-0.15, -0.1) is 0 Å². The number of anilines is 1. The lowest BCUT2D eigenvalue weighted by Crippen LogP contribution is -2.15. The van der Waals surface area contributed by atoms with E-state index in [-0.39, 0.29) is 11.6 Å². The summed E-state index contributed by atoms with van der Waals surface area (Å²) in [7, 11) is 0. The van der Waals surface area contributed by atoms with Gasteiger partial charge in [0, 0.05) is 16.8 Å². The number of hydrogen-bond acceptors (Lipinski definition) is 5. The molecule has 4 aromatic rings. The average Bonchev–Trinajstić information content (AvgIpc) is 3.09. The highest BCUT2D eigenvalue weighted by Gasteiger charge is 2.19. The van der Waals surface area contributed by atoms with Crippen LogP contribution < -0.4 is 11.1 Å². The Morgan fingerprint density at radius 1 is 1.03 bits per heavy atom. The van der Waals surface area contributed by atoms with Gasteiger partial charge in [0.25, 0.3) is 11.6 Å². The van der Waals surface area contributed by atoms with Crippen molar-refractivity contribution in [1.82, 2.24) is 10.1 Å². The number of carbonyl (C=O) groups excluding carboxylic acids is 2. The number of aryl methyl sites for hydroxylation is 2. The predicted octanol–water partition coefficient (Wildman–Crippen LogP) is 3.86. The van der Waals surface area contributed by atoms with Gasteiger partial charge in [0.15, 0.2) is 0 Å². The molecule has 0 saturated heterocycles. The fourth-order valence-corrected chi connectivity index (χ4v) is 3.09. The van der Waals surface area contributed by atoms with Gasteiger partial charge in [-0.05, 0) is 38.1 Å². The largest absolute Gasteiger partial charge is 0.366 e. The molecule has 0 unspecified atom stereocenters. The Bertz CT molecular complexity index is 1240. The predicted molar refractivity (Wildman–Crippen MR) is 110 cm³/mol. The van der Waals surface area contributed by atoms with E-state index in [4.69, 9.17) is 10.3 Å². The smallest absolute Gasteiger partial charge is 0.259 e. The van der Waals surface area contributed by atoms with E-state index in [0.29, 0.717) is 33.6 Å². The van der Waals surface area contributed by atoms with Crippen molar-refractivity contribution in [3.8, 4) is 11.3 Å². The fraction of sp³-hybridized carbons (Fsp3) is 0.0909. The third-order valence-electron chi connectivity index (χ3n) is 4.61. The van der Waals surface area contributed by atoms with E-state index in [0.717, 1.165) is 11.1 Å². The van der Waals surface area contributed by atoms with Crippen molar-refractivity contribution in [2.75, 3.05) is 5.32 Å². The number of pyridine rings is 1. The number of fused-ring (bicyclic) bond motifs is 1. The van der Waals surface area contributed by atoms with Gasteiger partial charge < -0.3 is 15.6 Å². The SMILES string of the molecule is Cc1ccc(-c2cc(C(=O)Nc3cccc(C(N)=O)c3)c3c(C)noc3n2)cc1. The van der Waals surface area contributed by atoms with Gasteiger partial charge in [-0.2, -0.15) is 0 Å². The minimum absolute atomic E-state index is 0.289. The minimum atomic E-state index is -0.566. The van der Waals surface area contributed by atoms with Gasteiger partial charge in [-0.25, -0.2) is 4.98 Å². The maximum absolute atomic E-state index is 13.1. The van der Waals surface area contributed by atoms with Crippen molar-refractivity contribution in [3.05, 3.63) is 77.0 Å². The summed E-state index contributed by atoms with van der Waals surface area (Å²) in [6.07, 6.45) is 0. The van der Waals surface area contributed by atoms with Crippen LogP contribution in [0, 0.1) is 13.8 Å². The van der Waals surface area contributed by atoms with Crippen molar-refractivity contribution < 1.29 is 14.1 Å². The van der Waals surface area contributed by atoms with Crippen molar-refractivity contribution in [1.29, 1.82) is 0 Å². The molecule has 0 aliphatic heterocycles.